The van der Waals surface area contributed by atoms with Crippen LogP contribution in [0.3, 0.4) is 0 Å². The number of ether oxygens (including phenoxy) is 1. The summed E-state index contributed by atoms with van der Waals surface area (Å²) in [6.45, 7) is 1.09. The minimum atomic E-state index is 0.640. The molecule has 0 amide bonds. The van der Waals surface area contributed by atoms with Crippen LogP contribution in [0, 0.1) is 5.92 Å². The lowest BCUT2D eigenvalue weighted by Gasteiger charge is -2.17. The lowest BCUT2D eigenvalue weighted by atomic mass is 10.0. The van der Waals surface area contributed by atoms with Crippen molar-refractivity contribution in [2.45, 2.75) is 25.3 Å². The van der Waals surface area contributed by atoms with Gasteiger partial charge in [-0.1, -0.05) is 6.42 Å². The van der Waals surface area contributed by atoms with Gasteiger partial charge >= 0.3 is 0 Å². The number of methoxy groups -OCH3 is 1. The smallest absolute Gasteiger partial charge is 0.121 e. The predicted octanol–water partition coefficient (Wildman–Crippen LogP) is 2.70. The first kappa shape index (κ1) is 9.82. The average Bonchev–Trinajstić information content (AvgIpc) is 2.68. The van der Waals surface area contributed by atoms with Crippen LogP contribution in [0.2, 0.25) is 0 Å². The van der Waals surface area contributed by atoms with Gasteiger partial charge in [0, 0.05) is 18.7 Å². The second kappa shape index (κ2) is 3.89. The Balaban J connectivity index is 1.91. The van der Waals surface area contributed by atoms with E-state index in [9.17, 15) is 0 Å². The first-order valence-corrected chi connectivity index (χ1v) is 6.05. The van der Waals surface area contributed by atoms with Crippen molar-refractivity contribution in [2.75, 3.05) is 24.3 Å². The second-order valence-corrected chi connectivity index (χ2v) is 4.73. The molecule has 0 spiro atoms. The van der Waals surface area contributed by atoms with E-state index in [1.807, 2.05) is 6.07 Å². The Morgan fingerprint density at radius 1 is 1.25 bits per heavy atom. The Hall–Kier alpha value is -1.38. The van der Waals surface area contributed by atoms with Gasteiger partial charge in [0.05, 0.1) is 18.5 Å². The van der Waals surface area contributed by atoms with Gasteiger partial charge in [-0.15, -0.1) is 0 Å². The summed E-state index contributed by atoms with van der Waals surface area (Å²) >= 11 is 0. The summed E-state index contributed by atoms with van der Waals surface area (Å²) in [5.74, 6) is 1.70. The highest BCUT2D eigenvalue weighted by Gasteiger charge is 2.29. The molecule has 1 aromatic rings. The number of benzene rings is 1. The predicted molar refractivity (Wildman–Crippen MR) is 66.2 cm³/mol. The van der Waals surface area contributed by atoms with Crippen molar-refractivity contribution >= 4 is 11.4 Å². The summed E-state index contributed by atoms with van der Waals surface area (Å²) in [5, 5.41) is 7.18. The zero-order chi connectivity index (χ0) is 11.0. The van der Waals surface area contributed by atoms with Gasteiger partial charge in [-0.05, 0) is 30.9 Å². The van der Waals surface area contributed by atoms with Crippen molar-refractivity contribution in [3.8, 4) is 5.75 Å². The summed E-state index contributed by atoms with van der Waals surface area (Å²) < 4.78 is 5.26. The van der Waals surface area contributed by atoms with E-state index in [0.717, 1.165) is 18.2 Å². The average molecular weight is 218 g/mol. The van der Waals surface area contributed by atoms with Crippen LogP contribution in [-0.2, 0) is 0 Å². The maximum atomic E-state index is 5.26. The van der Waals surface area contributed by atoms with Gasteiger partial charge in [0.25, 0.3) is 0 Å². The maximum absolute atomic E-state index is 5.26. The van der Waals surface area contributed by atoms with E-state index in [2.05, 4.69) is 22.8 Å². The van der Waals surface area contributed by atoms with E-state index < -0.39 is 0 Å². The van der Waals surface area contributed by atoms with Crippen molar-refractivity contribution in [1.29, 1.82) is 0 Å². The third-order valence-corrected chi connectivity index (χ3v) is 3.78. The Morgan fingerprint density at radius 2 is 2.19 bits per heavy atom. The number of anilines is 2. The van der Waals surface area contributed by atoms with Crippen LogP contribution in [0.15, 0.2) is 18.2 Å². The topological polar surface area (TPSA) is 33.3 Å². The molecule has 2 atom stereocenters. The third-order valence-electron chi connectivity index (χ3n) is 3.78. The summed E-state index contributed by atoms with van der Waals surface area (Å²) in [7, 11) is 1.71. The summed E-state index contributed by atoms with van der Waals surface area (Å²) in [5.41, 5.74) is 2.39. The van der Waals surface area contributed by atoms with Crippen molar-refractivity contribution < 1.29 is 4.74 Å². The van der Waals surface area contributed by atoms with Crippen LogP contribution in [0.25, 0.3) is 0 Å². The third kappa shape index (κ3) is 1.60. The fourth-order valence-electron chi connectivity index (χ4n) is 2.84. The van der Waals surface area contributed by atoms with E-state index in [1.165, 1.54) is 30.6 Å². The van der Waals surface area contributed by atoms with Gasteiger partial charge in [0.2, 0.25) is 0 Å². The zero-order valence-electron chi connectivity index (χ0n) is 9.62. The molecule has 2 N–H and O–H groups in total. The monoisotopic (exact) mass is 218 g/mol. The Labute approximate surface area is 96.2 Å². The van der Waals surface area contributed by atoms with E-state index in [0.29, 0.717) is 6.04 Å². The quantitative estimate of drug-likeness (QED) is 0.760. The van der Waals surface area contributed by atoms with Crippen molar-refractivity contribution in [3.05, 3.63) is 18.2 Å². The normalized spacial score (nSPS) is 27.1. The molecule has 16 heavy (non-hydrogen) atoms. The van der Waals surface area contributed by atoms with Crippen LogP contribution >= 0.6 is 0 Å². The molecule has 3 nitrogen and oxygen atoms in total. The minimum Gasteiger partial charge on any atom is -0.497 e. The van der Waals surface area contributed by atoms with Gasteiger partial charge in [-0.3, -0.25) is 0 Å². The molecule has 1 aliphatic carbocycles. The SMILES string of the molecule is COc1ccc2c(c1)NC1CCCC1CN2. The molecule has 1 aromatic carbocycles. The molecule has 0 bridgehead atoms. The summed E-state index contributed by atoms with van der Waals surface area (Å²) in [4.78, 5) is 0. The van der Waals surface area contributed by atoms with Crippen molar-refractivity contribution in [1.82, 2.24) is 0 Å². The molecule has 1 aliphatic heterocycles. The fourth-order valence-corrected chi connectivity index (χ4v) is 2.84. The van der Waals surface area contributed by atoms with Crippen LogP contribution in [-0.4, -0.2) is 19.7 Å². The maximum Gasteiger partial charge on any atom is 0.121 e. The molecule has 1 heterocycles. The highest BCUT2D eigenvalue weighted by molar-refractivity contribution is 5.72. The molecule has 0 radical (unpaired) electrons. The largest absolute Gasteiger partial charge is 0.497 e. The van der Waals surface area contributed by atoms with Gasteiger partial charge in [0.1, 0.15) is 5.75 Å². The first-order valence-electron chi connectivity index (χ1n) is 6.05. The summed E-state index contributed by atoms with van der Waals surface area (Å²) in [6, 6.07) is 6.83. The molecule has 86 valence electrons. The van der Waals surface area contributed by atoms with Gasteiger partial charge in [0.15, 0.2) is 0 Å². The standard InChI is InChI=1S/C13H18N2O/c1-16-10-5-6-12-13(7-10)15-11-4-2-3-9(11)8-14-12/h5-7,9,11,14-15H,2-4,8H2,1H3. The molecule has 1 fully saturated rings. The van der Waals surface area contributed by atoms with E-state index >= 15 is 0 Å². The Bertz CT molecular complexity index is 392. The molecular formula is C13H18N2O. The molecule has 3 heteroatoms. The highest BCUT2D eigenvalue weighted by Crippen LogP contribution is 2.36. The number of hydrogen-bond acceptors (Lipinski definition) is 3. The van der Waals surface area contributed by atoms with E-state index in [-0.39, 0.29) is 0 Å². The molecule has 3 rings (SSSR count). The van der Waals surface area contributed by atoms with Gasteiger partial charge in [-0.2, -0.15) is 0 Å². The second-order valence-electron chi connectivity index (χ2n) is 4.73. The van der Waals surface area contributed by atoms with Crippen molar-refractivity contribution in [3.63, 3.8) is 0 Å². The highest BCUT2D eigenvalue weighted by atomic mass is 16.5. The van der Waals surface area contributed by atoms with E-state index in [1.54, 1.807) is 7.11 Å². The van der Waals surface area contributed by atoms with Gasteiger partial charge < -0.3 is 15.4 Å². The first-order chi connectivity index (χ1) is 7.86. The minimum absolute atomic E-state index is 0.640. The molecule has 0 saturated heterocycles. The Kier molecular flexibility index (Phi) is 2.39. The number of rotatable bonds is 1. The molecule has 0 aromatic heterocycles. The number of nitrogens with one attached hydrogen (secondary N) is 2. The van der Waals surface area contributed by atoms with Crippen molar-refractivity contribution in [2.24, 2.45) is 5.92 Å². The van der Waals surface area contributed by atoms with Crippen LogP contribution in [0.1, 0.15) is 19.3 Å². The van der Waals surface area contributed by atoms with Gasteiger partial charge in [-0.25, -0.2) is 0 Å². The molecular weight excluding hydrogens is 200 g/mol. The van der Waals surface area contributed by atoms with Crippen LogP contribution in [0.4, 0.5) is 11.4 Å². The summed E-state index contributed by atoms with van der Waals surface area (Å²) in [6.07, 6.45) is 3.99. The number of hydrogen-bond donors (Lipinski definition) is 2. The van der Waals surface area contributed by atoms with Crippen LogP contribution in [0.5, 0.6) is 5.75 Å². The number of fused-ring (bicyclic) bond motifs is 2. The molecule has 2 unspecified atom stereocenters. The fraction of sp³-hybridized carbons (Fsp3) is 0.538. The van der Waals surface area contributed by atoms with E-state index in [4.69, 9.17) is 4.74 Å². The van der Waals surface area contributed by atoms with Crippen LogP contribution < -0.4 is 15.4 Å². The lowest BCUT2D eigenvalue weighted by molar-refractivity contribution is 0.415. The molecule has 2 aliphatic rings. The Morgan fingerprint density at radius 3 is 3.06 bits per heavy atom. The zero-order valence-corrected chi connectivity index (χ0v) is 9.62. The molecule has 1 saturated carbocycles. The lowest BCUT2D eigenvalue weighted by Crippen LogP contribution is -2.25.